The van der Waals surface area contributed by atoms with Gasteiger partial charge in [-0.25, -0.2) is 14.8 Å². The van der Waals surface area contributed by atoms with Gasteiger partial charge in [0.05, 0.1) is 23.6 Å². The van der Waals surface area contributed by atoms with Gasteiger partial charge >= 0.3 is 6.09 Å². The predicted molar refractivity (Wildman–Crippen MR) is 130 cm³/mol. The fraction of sp³-hybridized carbons (Fsp3) is 0.375. The second-order valence-corrected chi connectivity index (χ2v) is 9.05. The van der Waals surface area contributed by atoms with E-state index in [9.17, 15) is 10.1 Å². The number of H-pyrrole nitrogens is 1. The molecule has 1 aliphatic rings. The van der Waals surface area contributed by atoms with Crippen LogP contribution in [0.25, 0.3) is 27.5 Å². The molecule has 0 aromatic carbocycles. The Labute approximate surface area is 197 Å². The standard InChI is InChI=1S/C24H27N7O3/c1-24(2,3)34-23(32)31-6-5-16(13-31)33-21-18(9-26)28-12-19-20(21)17-7-14(11-29-22(17)30-19)15(8-25)10-27-4/h7-8,10-12,16H,5-6,13,25H2,1-4H3,(H,29,30). The largest absolute Gasteiger partial charge is 0.485 e. The average Bonchev–Trinajstić information content (AvgIpc) is 3.40. The highest BCUT2D eigenvalue weighted by Gasteiger charge is 2.32. The average molecular weight is 462 g/mol. The van der Waals surface area contributed by atoms with Crippen LogP contribution in [-0.4, -0.2) is 64.0 Å². The second kappa shape index (κ2) is 9.02. The lowest BCUT2D eigenvalue weighted by molar-refractivity contribution is 0.0276. The van der Waals surface area contributed by atoms with Crippen LogP contribution in [0.5, 0.6) is 5.75 Å². The van der Waals surface area contributed by atoms with Gasteiger partial charge in [0.15, 0.2) is 11.4 Å². The van der Waals surface area contributed by atoms with Crippen LogP contribution in [0, 0.1) is 11.3 Å². The predicted octanol–water partition coefficient (Wildman–Crippen LogP) is 3.37. The maximum Gasteiger partial charge on any atom is 0.410 e. The normalized spacial score (nSPS) is 17.0. The number of nitrogens with one attached hydrogen (secondary N) is 1. The number of nitrogens with zero attached hydrogens (tertiary/aromatic N) is 5. The number of ether oxygens (including phenoxy) is 2. The van der Waals surface area contributed by atoms with Crippen LogP contribution < -0.4 is 10.5 Å². The van der Waals surface area contributed by atoms with Gasteiger partial charge in [-0.1, -0.05) is 0 Å². The van der Waals surface area contributed by atoms with Crippen molar-refractivity contribution in [2.75, 3.05) is 20.1 Å². The third kappa shape index (κ3) is 4.50. The molecule has 10 nitrogen and oxygen atoms in total. The van der Waals surface area contributed by atoms with Crippen molar-refractivity contribution in [2.45, 2.75) is 38.9 Å². The summed E-state index contributed by atoms with van der Waals surface area (Å²) in [5.74, 6) is 0.365. The first-order chi connectivity index (χ1) is 16.2. The molecule has 0 saturated carbocycles. The quantitative estimate of drug-likeness (QED) is 0.567. The molecule has 176 valence electrons. The first-order valence-electron chi connectivity index (χ1n) is 10.9. The van der Waals surface area contributed by atoms with Crippen LogP contribution in [0.2, 0.25) is 0 Å². The van der Waals surface area contributed by atoms with E-state index in [0.717, 1.165) is 10.9 Å². The van der Waals surface area contributed by atoms with Crippen molar-refractivity contribution < 1.29 is 14.3 Å². The lowest BCUT2D eigenvalue weighted by atomic mass is 10.1. The number of aromatic amines is 1. The molecular weight excluding hydrogens is 434 g/mol. The Kier molecular flexibility index (Phi) is 6.11. The minimum atomic E-state index is -0.576. The van der Waals surface area contributed by atoms with Gasteiger partial charge in [0, 0.05) is 55.1 Å². The van der Waals surface area contributed by atoms with Gasteiger partial charge in [0.25, 0.3) is 0 Å². The van der Waals surface area contributed by atoms with Crippen LogP contribution in [0.4, 0.5) is 4.79 Å². The van der Waals surface area contributed by atoms with Gasteiger partial charge < -0.3 is 25.1 Å². The van der Waals surface area contributed by atoms with E-state index in [4.69, 9.17) is 15.2 Å². The zero-order valence-electron chi connectivity index (χ0n) is 19.6. The van der Waals surface area contributed by atoms with E-state index in [1.165, 1.54) is 6.20 Å². The van der Waals surface area contributed by atoms with E-state index in [1.807, 2.05) is 26.8 Å². The number of carbonyl (C=O) groups is 1. The molecule has 0 bridgehead atoms. The SMILES string of the molecule is CN=CC(=CN)c1cnc2[nH]c3cnc(C#N)c(OC4CCN(C(=O)OC(C)(C)C)C4)c3c2c1. The summed E-state index contributed by atoms with van der Waals surface area (Å²) >= 11 is 0. The Bertz CT molecular complexity index is 1340. The van der Waals surface area contributed by atoms with Crippen molar-refractivity contribution in [2.24, 2.45) is 10.7 Å². The number of nitrogens with two attached hydrogens (primary N) is 1. The summed E-state index contributed by atoms with van der Waals surface area (Å²) in [5, 5.41) is 11.2. The summed E-state index contributed by atoms with van der Waals surface area (Å²) in [5.41, 5.74) is 8.18. The van der Waals surface area contributed by atoms with Crippen molar-refractivity contribution in [3.63, 3.8) is 0 Å². The smallest absolute Gasteiger partial charge is 0.410 e. The van der Waals surface area contributed by atoms with Gasteiger partial charge in [0.2, 0.25) is 0 Å². The van der Waals surface area contributed by atoms with Crippen molar-refractivity contribution in [3.8, 4) is 11.8 Å². The molecule has 0 radical (unpaired) electrons. The summed E-state index contributed by atoms with van der Waals surface area (Å²) in [6, 6.07) is 4.05. The number of hydrogen-bond donors (Lipinski definition) is 2. The van der Waals surface area contributed by atoms with Crippen LogP contribution >= 0.6 is 0 Å². The molecule has 4 rings (SSSR count). The molecule has 1 unspecified atom stereocenters. The van der Waals surface area contributed by atoms with Crippen molar-refractivity contribution in [1.82, 2.24) is 19.9 Å². The lowest BCUT2D eigenvalue weighted by Gasteiger charge is -2.24. The summed E-state index contributed by atoms with van der Waals surface area (Å²) in [4.78, 5) is 30.1. The third-order valence-electron chi connectivity index (χ3n) is 5.41. The van der Waals surface area contributed by atoms with E-state index >= 15 is 0 Å². The van der Waals surface area contributed by atoms with Gasteiger partial charge in [-0.15, -0.1) is 0 Å². The maximum absolute atomic E-state index is 12.5. The Morgan fingerprint density at radius 3 is 2.85 bits per heavy atom. The molecule has 0 aliphatic carbocycles. The molecule has 10 heteroatoms. The monoisotopic (exact) mass is 461 g/mol. The van der Waals surface area contributed by atoms with E-state index in [-0.39, 0.29) is 17.9 Å². The number of carbonyl (C=O) groups excluding carboxylic acids is 1. The highest BCUT2D eigenvalue weighted by atomic mass is 16.6. The Morgan fingerprint density at radius 2 is 2.18 bits per heavy atom. The van der Waals surface area contributed by atoms with Gasteiger partial charge in [-0.05, 0) is 26.8 Å². The van der Waals surface area contributed by atoms with Gasteiger partial charge in [-0.3, -0.25) is 4.99 Å². The van der Waals surface area contributed by atoms with Crippen molar-refractivity contribution in [1.29, 1.82) is 5.26 Å². The van der Waals surface area contributed by atoms with E-state index in [1.54, 1.807) is 30.6 Å². The molecular formula is C24H27N7O3. The third-order valence-corrected chi connectivity index (χ3v) is 5.41. The number of fused-ring (bicyclic) bond motifs is 3. The minimum Gasteiger partial charge on any atom is -0.485 e. The molecule has 1 amide bonds. The van der Waals surface area contributed by atoms with E-state index in [2.05, 4.69) is 26.0 Å². The van der Waals surface area contributed by atoms with Crippen LogP contribution in [0.3, 0.4) is 0 Å². The highest BCUT2D eigenvalue weighted by molar-refractivity contribution is 6.14. The zero-order valence-corrected chi connectivity index (χ0v) is 19.6. The summed E-state index contributed by atoms with van der Waals surface area (Å²) in [6.45, 7) is 6.35. The second-order valence-electron chi connectivity index (χ2n) is 9.05. The summed E-state index contributed by atoms with van der Waals surface area (Å²) in [6.07, 6.45) is 6.34. The van der Waals surface area contributed by atoms with Gasteiger partial charge in [-0.2, -0.15) is 5.26 Å². The van der Waals surface area contributed by atoms with Gasteiger partial charge in [0.1, 0.15) is 23.4 Å². The zero-order chi connectivity index (χ0) is 24.5. The Morgan fingerprint density at radius 1 is 1.38 bits per heavy atom. The molecule has 1 saturated heterocycles. The van der Waals surface area contributed by atoms with Crippen molar-refractivity contribution in [3.05, 3.63) is 35.9 Å². The first kappa shape index (κ1) is 23.0. The maximum atomic E-state index is 12.5. The lowest BCUT2D eigenvalue weighted by Crippen LogP contribution is -2.36. The molecule has 34 heavy (non-hydrogen) atoms. The van der Waals surface area contributed by atoms with E-state index < -0.39 is 5.60 Å². The van der Waals surface area contributed by atoms with Crippen LogP contribution in [0.15, 0.2) is 29.7 Å². The summed E-state index contributed by atoms with van der Waals surface area (Å²) in [7, 11) is 1.67. The number of nitriles is 1. The number of likely N-dealkylation sites (tertiary alicyclic amines) is 1. The molecule has 4 heterocycles. The fourth-order valence-electron chi connectivity index (χ4n) is 3.93. The first-order valence-corrected chi connectivity index (χ1v) is 10.9. The Balaban J connectivity index is 1.72. The number of rotatable bonds is 4. The molecule has 3 aromatic rings. The van der Waals surface area contributed by atoms with E-state index in [0.29, 0.717) is 47.4 Å². The molecule has 1 aliphatic heterocycles. The number of pyridine rings is 2. The Hall–Kier alpha value is -4.13. The molecule has 0 spiro atoms. The minimum absolute atomic E-state index is 0.166. The van der Waals surface area contributed by atoms with Crippen LogP contribution in [0.1, 0.15) is 38.4 Å². The van der Waals surface area contributed by atoms with Crippen molar-refractivity contribution >= 4 is 39.8 Å². The molecule has 3 aromatic heterocycles. The number of allylic oxidation sites excluding steroid dienone is 1. The summed E-state index contributed by atoms with van der Waals surface area (Å²) < 4.78 is 11.8. The number of aliphatic imine (C=N–C) groups is 1. The fourth-order valence-corrected chi connectivity index (χ4v) is 3.93. The molecule has 1 atom stereocenters. The van der Waals surface area contributed by atoms with Crippen LogP contribution in [-0.2, 0) is 4.74 Å². The topological polar surface area (TPSA) is 143 Å². The number of hydrogen-bond acceptors (Lipinski definition) is 8. The highest BCUT2D eigenvalue weighted by Crippen LogP contribution is 2.36. The molecule has 3 N–H and O–H groups in total. The number of amides is 1. The number of aromatic nitrogens is 3. The molecule has 1 fully saturated rings.